The van der Waals surface area contributed by atoms with Crippen molar-refractivity contribution in [1.29, 1.82) is 0 Å². The van der Waals surface area contributed by atoms with E-state index in [1.165, 1.54) is 218 Å². The van der Waals surface area contributed by atoms with Gasteiger partial charge in [0.2, 0.25) is 5.91 Å². The molecule has 0 aliphatic carbocycles. The third-order valence-corrected chi connectivity index (χ3v) is 12.9. The van der Waals surface area contributed by atoms with Crippen molar-refractivity contribution in [3.63, 3.8) is 0 Å². The van der Waals surface area contributed by atoms with E-state index >= 15 is 0 Å². The van der Waals surface area contributed by atoms with E-state index in [-0.39, 0.29) is 18.5 Å². The second-order valence-electron chi connectivity index (χ2n) is 19.3. The van der Waals surface area contributed by atoms with Crippen LogP contribution in [-0.4, -0.2) is 47.4 Å². The van der Waals surface area contributed by atoms with E-state index in [2.05, 4.69) is 43.5 Å². The summed E-state index contributed by atoms with van der Waals surface area (Å²) in [6, 6.07) is -0.631. The van der Waals surface area contributed by atoms with E-state index < -0.39 is 12.1 Å². The molecule has 64 heavy (non-hydrogen) atoms. The number of aliphatic hydroxyl groups excluding tert-OH is 2. The third kappa shape index (κ3) is 49.5. The van der Waals surface area contributed by atoms with Crippen molar-refractivity contribution in [2.75, 3.05) is 13.2 Å². The Kier molecular flexibility index (Phi) is 52.1. The lowest BCUT2D eigenvalue weighted by Crippen LogP contribution is -2.45. The first kappa shape index (κ1) is 62.1. The van der Waals surface area contributed by atoms with Crippen molar-refractivity contribution in [2.45, 2.75) is 309 Å². The molecule has 0 rings (SSSR count). The van der Waals surface area contributed by atoms with Crippen LogP contribution in [0.3, 0.4) is 0 Å². The molecular weight excluding hydrogens is 791 g/mol. The highest BCUT2D eigenvalue weighted by Gasteiger charge is 2.18. The summed E-state index contributed by atoms with van der Waals surface area (Å²) >= 11 is 0. The van der Waals surface area contributed by atoms with Crippen molar-refractivity contribution in [3.05, 3.63) is 36.5 Å². The summed E-state index contributed by atoms with van der Waals surface area (Å²) in [5.41, 5.74) is 0. The molecule has 0 heterocycles. The van der Waals surface area contributed by atoms with Crippen LogP contribution in [0.2, 0.25) is 0 Å². The maximum atomic E-state index is 12.4. The molecule has 2 unspecified atom stereocenters. The number of carbonyl (C=O) groups is 2. The maximum Gasteiger partial charge on any atom is 0.305 e. The van der Waals surface area contributed by atoms with Crippen LogP contribution >= 0.6 is 0 Å². The summed E-state index contributed by atoms with van der Waals surface area (Å²) in [7, 11) is 0. The van der Waals surface area contributed by atoms with Crippen LogP contribution in [0.4, 0.5) is 0 Å². The van der Waals surface area contributed by atoms with Gasteiger partial charge in [-0.3, -0.25) is 9.59 Å². The summed E-state index contributed by atoms with van der Waals surface area (Å²) < 4.78 is 5.48. The van der Waals surface area contributed by atoms with Crippen LogP contribution in [0.25, 0.3) is 0 Å². The lowest BCUT2D eigenvalue weighted by atomic mass is 10.0. The standard InChI is InChI=1S/C58H109NO5/c1-3-5-7-9-11-13-15-17-18-19-22-25-28-32-36-40-44-48-52-58(63)64-53-49-45-41-37-33-29-26-23-20-21-24-27-31-35-39-43-47-51-57(62)59-55(54-60)56(61)50-46-42-38-34-30-16-14-12-10-8-6-4-2/h13,15,18-19,46,50,55-56,60-61H,3-12,14,16-17,20-45,47-49,51-54H2,1-2H3,(H,59,62)/b15-13-,19-18-,50-46+. The molecule has 0 radical (unpaired) electrons. The second kappa shape index (κ2) is 53.7. The van der Waals surface area contributed by atoms with Gasteiger partial charge in [-0.2, -0.15) is 0 Å². The van der Waals surface area contributed by atoms with Gasteiger partial charge in [-0.1, -0.05) is 256 Å². The zero-order valence-corrected chi connectivity index (χ0v) is 42.8. The minimum absolute atomic E-state index is 0.00324. The number of nitrogens with one attached hydrogen (secondary N) is 1. The fourth-order valence-corrected chi connectivity index (χ4v) is 8.55. The van der Waals surface area contributed by atoms with E-state index in [0.717, 1.165) is 51.4 Å². The number of aliphatic hydroxyl groups is 2. The predicted molar refractivity (Wildman–Crippen MR) is 278 cm³/mol. The summed E-state index contributed by atoms with van der Waals surface area (Å²) in [6.45, 7) is 4.87. The van der Waals surface area contributed by atoms with E-state index in [1.54, 1.807) is 6.08 Å². The zero-order chi connectivity index (χ0) is 46.5. The highest BCUT2D eigenvalue weighted by molar-refractivity contribution is 5.76. The SMILES string of the molecule is CCCCCC/C=C\C/C=C\CCCCCCCCCC(=O)OCCCCCCCCCCCCCCCCCCCC(=O)NC(CO)C(O)/C=C/CCCCCCCCCCCC. The van der Waals surface area contributed by atoms with E-state index in [4.69, 9.17) is 4.74 Å². The Morgan fingerprint density at radius 3 is 1.20 bits per heavy atom. The Balaban J connectivity index is 3.42. The quantitative estimate of drug-likeness (QED) is 0.0321. The molecule has 3 N–H and O–H groups in total. The normalized spacial score (nSPS) is 12.9. The van der Waals surface area contributed by atoms with Gasteiger partial charge in [0.05, 0.1) is 25.4 Å². The molecule has 2 atom stereocenters. The number of unbranched alkanes of at least 4 members (excludes halogenated alkanes) is 37. The van der Waals surface area contributed by atoms with Crippen molar-refractivity contribution in [1.82, 2.24) is 5.32 Å². The van der Waals surface area contributed by atoms with Gasteiger partial charge in [0.1, 0.15) is 0 Å². The van der Waals surface area contributed by atoms with Crippen LogP contribution in [0.1, 0.15) is 296 Å². The Bertz CT molecular complexity index is 1040. The first-order chi connectivity index (χ1) is 31.5. The van der Waals surface area contributed by atoms with Gasteiger partial charge in [0.15, 0.2) is 0 Å². The summed E-state index contributed by atoms with van der Waals surface area (Å²) in [5.74, 6) is -0.0776. The molecule has 376 valence electrons. The van der Waals surface area contributed by atoms with Crippen molar-refractivity contribution in [3.8, 4) is 0 Å². The molecule has 0 fully saturated rings. The number of allylic oxidation sites excluding steroid dienone is 5. The average molecular weight is 901 g/mol. The Labute approximate surface area is 398 Å². The largest absolute Gasteiger partial charge is 0.466 e. The van der Waals surface area contributed by atoms with Crippen LogP contribution in [-0.2, 0) is 14.3 Å². The molecule has 0 aliphatic heterocycles. The van der Waals surface area contributed by atoms with E-state index in [9.17, 15) is 19.8 Å². The second-order valence-corrected chi connectivity index (χ2v) is 19.3. The first-order valence-electron chi connectivity index (χ1n) is 28.3. The van der Waals surface area contributed by atoms with Gasteiger partial charge >= 0.3 is 5.97 Å². The first-order valence-corrected chi connectivity index (χ1v) is 28.3. The highest BCUT2D eigenvalue weighted by Crippen LogP contribution is 2.16. The molecule has 0 aromatic heterocycles. The molecular formula is C58H109NO5. The molecule has 0 aliphatic rings. The summed E-state index contributed by atoms with van der Waals surface area (Å²) in [6.07, 6.45) is 65.8. The van der Waals surface area contributed by atoms with Gasteiger partial charge in [0, 0.05) is 12.8 Å². The van der Waals surface area contributed by atoms with Gasteiger partial charge in [-0.15, -0.1) is 0 Å². The molecule has 0 aromatic rings. The Morgan fingerprint density at radius 2 is 0.781 bits per heavy atom. The molecule has 0 aromatic carbocycles. The monoisotopic (exact) mass is 900 g/mol. The zero-order valence-electron chi connectivity index (χ0n) is 42.8. The number of rotatable bonds is 52. The molecule has 0 saturated carbocycles. The minimum Gasteiger partial charge on any atom is -0.466 e. The molecule has 1 amide bonds. The molecule has 0 spiro atoms. The number of hydrogen-bond acceptors (Lipinski definition) is 5. The molecule has 6 heteroatoms. The topological polar surface area (TPSA) is 95.9 Å². The minimum atomic E-state index is -0.847. The van der Waals surface area contributed by atoms with Gasteiger partial charge < -0.3 is 20.3 Å². The number of esters is 1. The molecule has 6 nitrogen and oxygen atoms in total. The van der Waals surface area contributed by atoms with Crippen LogP contribution in [0.5, 0.6) is 0 Å². The highest BCUT2D eigenvalue weighted by atomic mass is 16.5. The smallest absolute Gasteiger partial charge is 0.305 e. The number of ether oxygens (including phenoxy) is 1. The fourth-order valence-electron chi connectivity index (χ4n) is 8.55. The van der Waals surface area contributed by atoms with E-state index in [0.29, 0.717) is 19.4 Å². The number of amides is 1. The summed E-state index contributed by atoms with van der Waals surface area (Å²) in [5, 5.41) is 23.0. The Hall–Kier alpha value is -1.92. The number of hydrogen-bond donors (Lipinski definition) is 3. The third-order valence-electron chi connectivity index (χ3n) is 12.9. The van der Waals surface area contributed by atoms with Crippen LogP contribution in [0.15, 0.2) is 36.5 Å². The fraction of sp³-hybridized carbons (Fsp3) is 0.862. The van der Waals surface area contributed by atoms with E-state index in [1.807, 2.05) is 6.08 Å². The lowest BCUT2D eigenvalue weighted by molar-refractivity contribution is -0.143. The van der Waals surface area contributed by atoms with Crippen molar-refractivity contribution in [2.24, 2.45) is 0 Å². The maximum absolute atomic E-state index is 12.4. The molecule has 0 saturated heterocycles. The number of carbonyl (C=O) groups excluding carboxylic acids is 2. The van der Waals surface area contributed by atoms with Gasteiger partial charge in [-0.25, -0.2) is 0 Å². The van der Waals surface area contributed by atoms with Crippen LogP contribution < -0.4 is 5.32 Å². The van der Waals surface area contributed by atoms with Crippen molar-refractivity contribution < 1.29 is 24.5 Å². The van der Waals surface area contributed by atoms with Gasteiger partial charge in [-0.05, 0) is 64.2 Å². The molecule has 0 bridgehead atoms. The predicted octanol–water partition coefficient (Wildman–Crippen LogP) is 17.2. The van der Waals surface area contributed by atoms with Crippen molar-refractivity contribution >= 4 is 11.9 Å². The van der Waals surface area contributed by atoms with Crippen LogP contribution in [0, 0.1) is 0 Å². The Morgan fingerprint density at radius 1 is 0.438 bits per heavy atom. The van der Waals surface area contributed by atoms with Gasteiger partial charge in [0.25, 0.3) is 0 Å². The average Bonchev–Trinajstić information content (AvgIpc) is 3.29. The summed E-state index contributed by atoms with van der Waals surface area (Å²) in [4.78, 5) is 24.5. The lowest BCUT2D eigenvalue weighted by Gasteiger charge is -2.20.